The number of ketones is 1. The van der Waals surface area contributed by atoms with Gasteiger partial charge in [0.1, 0.15) is 6.54 Å². The summed E-state index contributed by atoms with van der Waals surface area (Å²) in [4.78, 5) is 64.3. The highest BCUT2D eigenvalue weighted by atomic mass is 16.5. The summed E-state index contributed by atoms with van der Waals surface area (Å²) in [5, 5.41) is 2.59. The topological polar surface area (TPSA) is 134 Å². The molecule has 3 aromatic rings. The van der Waals surface area contributed by atoms with E-state index in [1.54, 1.807) is 24.3 Å². The van der Waals surface area contributed by atoms with Gasteiger partial charge in [-0.15, -0.1) is 0 Å². The Morgan fingerprint density at radius 3 is 2.35 bits per heavy atom. The van der Waals surface area contributed by atoms with E-state index < -0.39 is 29.2 Å². The van der Waals surface area contributed by atoms with Crippen molar-refractivity contribution in [2.24, 2.45) is 14.1 Å². The SMILES string of the molecule is CC(=O)c1ccc(NC(=O)C(C)OC(=O)Cn2cnc3c2c(=O)n(C)c(=O)n3C)cc1. The highest BCUT2D eigenvalue weighted by molar-refractivity contribution is 5.97. The number of anilines is 1. The molecule has 0 aliphatic carbocycles. The molecule has 0 saturated carbocycles. The standard InChI is InChI=1S/C20H21N5O6/c1-11(26)13-5-7-14(8-6-13)22-18(28)12(2)31-15(27)9-25-10-21-17-16(25)19(29)24(4)20(30)23(17)3/h5-8,10,12H,9H2,1-4H3,(H,22,28). The van der Waals surface area contributed by atoms with E-state index in [1.807, 2.05) is 0 Å². The van der Waals surface area contributed by atoms with Gasteiger partial charge in [-0.25, -0.2) is 9.78 Å². The van der Waals surface area contributed by atoms with Gasteiger partial charge in [-0.2, -0.15) is 0 Å². The molecule has 0 aliphatic rings. The van der Waals surface area contributed by atoms with Crippen LogP contribution in [0.2, 0.25) is 0 Å². The van der Waals surface area contributed by atoms with Crippen molar-refractivity contribution in [2.75, 3.05) is 5.32 Å². The van der Waals surface area contributed by atoms with Crippen molar-refractivity contribution in [3.63, 3.8) is 0 Å². The largest absolute Gasteiger partial charge is 0.451 e. The van der Waals surface area contributed by atoms with Gasteiger partial charge in [0.25, 0.3) is 11.5 Å². The highest BCUT2D eigenvalue weighted by Crippen LogP contribution is 2.11. The summed E-state index contributed by atoms with van der Waals surface area (Å²) in [5.41, 5.74) is 0.0386. The van der Waals surface area contributed by atoms with Crippen LogP contribution in [0.25, 0.3) is 11.2 Å². The Bertz CT molecular complexity index is 1300. The molecule has 0 spiro atoms. The van der Waals surface area contributed by atoms with Gasteiger partial charge < -0.3 is 14.6 Å². The summed E-state index contributed by atoms with van der Waals surface area (Å²) in [6, 6.07) is 6.29. The summed E-state index contributed by atoms with van der Waals surface area (Å²) in [7, 11) is 2.80. The van der Waals surface area contributed by atoms with E-state index in [1.165, 1.54) is 43.4 Å². The molecule has 162 valence electrons. The van der Waals surface area contributed by atoms with Gasteiger partial charge in [0.05, 0.1) is 6.33 Å². The van der Waals surface area contributed by atoms with Gasteiger partial charge in [-0.05, 0) is 38.1 Å². The van der Waals surface area contributed by atoms with Crippen LogP contribution < -0.4 is 16.6 Å². The fourth-order valence-corrected chi connectivity index (χ4v) is 2.98. The number of aromatic nitrogens is 4. The quantitative estimate of drug-likeness (QED) is 0.439. The molecule has 1 atom stereocenters. The van der Waals surface area contributed by atoms with Gasteiger partial charge in [-0.1, -0.05) is 0 Å². The zero-order chi connectivity index (χ0) is 22.9. The molecule has 1 amide bonds. The van der Waals surface area contributed by atoms with E-state index in [0.29, 0.717) is 11.3 Å². The molecule has 0 radical (unpaired) electrons. The Hall–Kier alpha value is -4.02. The summed E-state index contributed by atoms with van der Waals surface area (Å²) in [5.74, 6) is -1.41. The first-order chi connectivity index (χ1) is 14.6. The third kappa shape index (κ3) is 4.29. The number of fused-ring (bicyclic) bond motifs is 1. The summed E-state index contributed by atoms with van der Waals surface area (Å²) in [6.45, 7) is 2.48. The second kappa shape index (κ2) is 8.38. The molecule has 0 aliphatic heterocycles. The molecule has 31 heavy (non-hydrogen) atoms. The monoisotopic (exact) mass is 427 g/mol. The second-order valence-corrected chi connectivity index (χ2v) is 7.01. The van der Waals surface area contributed by atoms with Crippen LogP contribution in [0.5, 0.6) is 0 Å². The number of Topliss-reactive ketones (excluding diaryl/α,β-unsaturated/α-hetero) is 1. The van der Waals surface area contributed by atoms with E-state index in [-0.39, 0.29) is 23.5 Å². The van der Waals surface area contributed by atoms with Crippen molar-refractivity contribution < 1.29 is 19.1 Å². The van der Waals surface area contributed by atoms with Crippen molar-refractivity contribution in [3.8, 4) is 0 Å². The lowest BCUT2D eigenvalue weighted by atomic mass is 10.1. The summed E-state index contributed by atoms with van der Waals surface area (Å²) < 4.78 is 8.55. The van der Waals surface area contributed by atoms with Gasteiger partial charge in [0, 0.05) is 25.3 Å². The van der Waals surface area contributed by atoms with E-state index in [9.17, 15) is 24.0 Å². The lowest BCUT2D eigenvalue weighted by Gasteiger charge is -2.14. The van der Waals surface area contributed by atoms with E-state index in [2.05, 4.69) is 10.3 Å². The lowest BCUT2D eigenvalue weighted by molar-refractivity contribution is -0.153. The molecular formula is C20H21N5O6. The Morgan fingerprint density at radius 2 is 1.74 bits per heavy atom. The van der Waals surface area contributed by atoms with Crippen LogP contribution in [0, 0.1) is 0 Å². The summed E-state index contributed by atoms with van der Waals surface area (Å²) in [6.07, 6.45) is 0.149. The number of hydrogen-bond acceptors (Lipinski definition) is 7. The van der Waals surface area contributed by atoms with E-state index >= 15 is 0 Å². The van der Waals surface area contributed by atoms with Gasteiger partial charge >= 0.3 is 11.7 Å². The number of nitrogens with zero attached hydrogens (tertiary/aromatic N) is 4. The smallest absolute Gasteiger partial charge is 0.332 e. The number of carbonyl (C=O) groups is 3. The Kier molecular flexibility index (Phi) is 5.86. The number of esters is 1. The van der Waals surface area contributed by atoms with Crippen LogP contribution in [0.4, 0.5) is 5.69 Å². The van der Waals surface area contributed by atoms with E-state index in [0.717, 1.165) is 4.57 Å². The van der Waals surface area contributed by atoms with Crippen LogP contribution in [-0.4, -0.2) is 42.4 Å². The van der Waals surface area contributed by atoms with Crippen LogP contribution in [0.3, 0.4) is 0 Å². The number of rotatable bonds is 6. The minimum absolute atomic E-state index is 0.0733. The predicted octanol–water partition coefficient (Wildman–Crippen LogP) is 0.207. The Balaban J connectivity index is 1.69. The van der Waals surface area contributed by atoms with Crippen molar-refractivity contribution in [1.29, 1.82) is 0 Å². The summed E-state index contributed by atoms with van der Waals surface area (Å²) >= 11 is 0. The molecular weight excluding hydrogens is 406 g/mol. The highest BCUT2D eigenvalue weighted by Gasteiger charge is 2.21. The van der Waals surface area contributed by atoms with Crippen molar-refractivity contribution in [1.82, 2.24) is 18.7 Å². The van der Waals surface area contributed by atoms with Crippen LogP contribution in [-0.2, 0) is 35.0 Å². The maximum absolute atomic E-state index is 12.4. The fraction of sp³-hybridized carbons (Fsp3) is 0.300. The molecule has 11 nitrogen and oxygen atoms in total. The third-order valence-corrected chi connectivity index (χ3v) is 4.75. The molecule has 2 aromatic heterocycles. The molecule has 1 unspecified atom stereocenters. The predicted molar refractivity (Wildman–Crippen MR) is 111 cm³/mol. The Morgan fingerprint density at radius 1 is 1.10 bits per heavy atom. The Labute approximate surface area is 175 Å². The van der Waals surface area contributed by atoms with Gasteiger partial charge in [0.2, 0.25) is 0 Å². The van der Waals surface area contributed by atoms with Crippen molar-refractivity contribution in [2.45, 2.75) is 26.5 Å². The number of aryl methyl sites for hydroxylation is 1. The lowest BCUT2D eigenvalue weighted by Crippen LogP contribution is -2.38. The molecule has 0 fully saturated rings. The molecule has 3 rings (SSSR count). The number of amides is 1. The zero-order valence-corrected chi connectivity index (χ0v) is 17.4. The van der Waals surface area contributed by atoms with Crippen LogP contribution in [0.15, 0.2) is 40.2 Å². The average molecular weight is 427 g/mol. The maximum atomic E-state index is 12.4. The van der Waals surface area contributed by atoms with Crippen LogP contribution in [0.1, 0.15) is 24.2 Å². The number of benzene rings is 1. The van der Waals surface area contributed by atoms with Gasteiger partial charge in [-0.3, -0.25) is 28.3 Å². The average Bonchev–Trinajstić information content (AvgIpc) is 3.14. The second-order valence-electron chi connectivity index (χ2n) is 7.01. The number of hydrogen-bond donors (Lipinski definition) is 1. The van der Waals surface area contributed by atoms with E-state index in [4.69, 9.17) is 4.74 Å². The number of ether oxygens (including phenoxy) is 1. The van der Waals surface area contributed by atoms with Crippen molar-refractivity contribution in [3.05, 3.63) is 57.0 Å². The minimum Gasteiger partial charge on any atom is -0.451 e. The molecule has 1 aromatic carbocycles. The minimum atomic E-state index is -1.11. The van der Waals surface area contributed by atoms with Crippen molar-refractivity contribution >= 4 is 34.5 Å². The third-order valence-electron chi connectivity index (χ3n) is 4.75. The maximum Gasteiger partial charge on any atom is 0.332 e. The first-order valence-corrected chi connectivity index (χ1v) is 9.32. The first kappa shape index (κ1) is 21.7. The zero-order valence-electron chi connectivity index (χ0n) is 17.4. The normalized spacial score (nSPS) is 11.9. The van der Waals surface area contributed by atoms with Gasteiger partial charge in [0.15, 0.2) is 23.1 Å². The molecule has 11 heteroatoms. The number of carbonyl (C=O) groups excluding carboxylic acids is 3. The fourth-order valence-electron chi connectivity index (χ4n) is 2.98. The number of imidazole rings is 1. The number of nitrogens with one attached hydrogen (secondary N) is 1. The molecule has 0 bridgehead atoms. The van der Waals surface area contributed by atoms with Crippen LogP contribution >= 0.6 is 0 Å². The first-order valence-electron chi connectivity index (χ1n) is 9.32. The molecule has 0 saturated heterocycles. The molecule has 1 N–H and O–H groups in total. The molecule has 2 heterocycles.